The highest BCUT2D eigenvalue weighted by molar-refractivity contribution is 7.09. The maximum atomic E-state index is 12.1. The average molecular weight is 324 g/mol. The first-order valence-electron chi connectivity index (χ1n) is 7.46. The number of aliphatic imine (C=N–C) groups is 1. The quantitative estimate of drug-likeness (QED) is 0.522. The topological polar surface area (TPSA) is 66.8 Å². The second kappa shape index (κ2) is 7.09. The highest BCUT2D eigenvalue weighted by Crippen LogP contribution is 2.21. The second-order valence-corrected chi connectivity index (χ2v) is 7.27. The predicted molar refractivity (Wildman–Crippen MR) is 87.8 cm³/mol. The molecule has 122 valence electrons. The van der Waals surface area contributed by atoms with Gasteiger partial charge in [0.2, 0.25) is 0 Å². The fourth-order valence-corrected chi connectivity index (χ4v) is 2.91. The van der Waals surface area contributed by atoms with Gasteiger partial charge in [-0.3, -0.25) is 9.79 Å². The van der Waals surface area contributed by atoms with Gasteiger partial charge in [-0.15, -0.1) is 11.3 Å². The molecule has 2 heterocycles. The number of esters is 1. The first kappa shape index (κ1) is 16.7. The molecule has 0 saturated carbocycles. The van der Waals surface area contributed by atoms with E-state index in [1.165, 1.54) is 0 Å². The number of aromatic nitrogens is 1. The van der Waals surface area contributed by atoms with Crippen LogP contribution < -0.4 is 5.32 Å². The summed E-state index contributed by atoms with van der Waals surface area (Å²) >= 11 is 1.61. The van der Waals surface area contributed by atoms with Crippen molar-refractivity contribution < 1.29 is 9.53 Å². The van der Waals surface area contributed by atoms with Crippen molar-refractivity contribution in [2.24, 2.45) is 10.9 Å². The third-order valence-corrected chi connectivity index (χ3v) is 4.10. The number of thiazole rings is 1. The normalized spacial score (nSPS) is 19.4. The molecule has 0 aromatic carbocycles. The summed E-state index contributed by atoms with van der Waals surface area (Å²) in [6, 6.07) is 0. The Labute approximate surface area is 135 Å². The first-order chi connectivity index (χ1) is 10.4. The number of hydrogen-bond acceptors (Lipinski definition) is 5. The summed E-state index contributed by atoms with van der Waals surface area (Å²) in [5.41, 5.74) is -0.435. The number of nitrogens with one attached hydrogen (secondary N) is 1. The van der Waals surface area contributed by atoms with Gasteiger partial charge in [-0.05, 0) is 27.2 Å². The molecule has 1 aliphatic heterocycles. The SMILES string of the molecule is CN=C(NCc1nccs1)N1CCC(C(=O)OC(C)(C)C)C1. The molecule has 1 unspecified atom stereocenters. The Kier molecular flexibility index (Phi) is 5.39. The summed E-state index contributed by atoms with van der Waals surface area (Å²) in [5, 5.41) is 6.26. The van der Waals surface area contributed by atoms with Gasteiger partial charge < -0.3 is 15.0 Å². The molecule has 1 aromatic heterocycles. The van der Waals surface area contributed by atoms with Gasteiger partial charge in [-0.25, -0.2) is 4.98 Å². The molecular formula is C15H24N4O2S. The Morgan fingerprint density at radius 2 is 2.36 bits per heavy atom. The number of ether oxygens (including phenoxy) is 1. The van der Waals surface area contributed by atoms with E-state index >= 15 is 0 Å². The van der Waals surface area contributed by atoms with Gasteiger partial charge in [0.15, 0.2) is 5.96 Å². The average Bonchev–Trinajstić information content (AvgIpc) is 3.08. The van der Waals surface area contributed by atoms with Crippen molar-refractivity contribution in [1.29, 1.82) is 0 Å². The number of rotatable bonds is 3. The van der Waals surface area contributed by atoms with Gasteiger partial charge in [0, 0.05) is 31.7 Å². The molecule has 6 nitrogen and oxygen atoms in total. The smallest absolute Gasteiger partial charge is 0.311 e. The van der Waals surface area contributed by atoms with Crippen LogP contribution in [0.15, 0.2) is 16.6 Å². The summed E-state index contributed by atoms with van der Waals surface area (Å²) in [5.74, 6) is 0.601. The lowest BCUT2D eigenvalue weighted by atomic mass is 10.1. The van der Waals surface area contributed by atoms with Gasteiger partial charge in [0.05, 0.1) is 12.5 Å². The monoisotopic (exact) mass is 324 g/mol. The van der Waals surface area contributed by atoms with Crippen LogP contribution in [0.3, 0.4) is 0 Å². The number of hydrogen-bond donors (Lipinski definition) is 1. The van der Waals surface area contributed by atoms with Crippen molar-refractivity contribution in [2.75, 3.05) is 20.1 Å². The lowest BCUT2D eigenvalue weighted by molar-refractivity contribution is -0.159. The van der Waals surface area contributed by atoms with Crippen molar-refractivity contribution in [1.82, 2.24) is 15.2 Å². The minimum Gasteiger partial charge on any atom is -0.460 e. The van der Waals surface area contributed by atoms with E-state index in [0.717, 1.165) is 23.9 Å². The number of likely N-dealkylation sites (tertiary alicyclic amines) is 1. The summed E-state index contributed by atoms with van der Waals surface area (Å²) in [4.78, 5) is 22.8. The van der Waals surface area contributed by atoms with Crippen LogP contribution in [0.2, 0.25) is 0 Å². The number of nitrogens with zero attached hydrogens (tertiary/aromatic N) is 3. The van der Waals surface area contributed by atoms with Crippen LogP contribution in [0, 0.1) is 5.92 Å². The minimum atomic E-state index is -0.435. The fraction of sp³-hybridized carbons (Fsp3) is 0.667. The van der Waals surface area contributed by atoms with Gasteiger partial charge >= 0.3 is 5.97 Å². The van der Waals surface area contributed by atoms with E-state index in [1.807, 2.05) is 26.2 Å². The van der Waals surface area contributed by atoms with Crippen LogP contribution in [0.1, 0.15) is 32.2 Å². The molecule has 1 aliphatic rings. The number of carbonyl (C=O) groups excluding carboxylic acids is 1. The largest absolute Gasteiger partial charge is 0.460 e. The van der Waals surface area contributed by atoms with Crippen LogP contribution in [-0.4, -0.2) is 47.6 Å². The molecule has 1 fully saturated rings. The molecule has 1 atom stereocenters. The molecule has 0 bridgehead atoms. The zero-order chi connectivity index (χ0) is 16.2. The highest BCUT2D eigenvalue weighted by Gasteiger charge is 2.33. The predicted octanol–water partition coefficient (Wildman–Crippen LogP) is 1.88. The second-order valence-electron chi connectivity index (χ2n) is 6.29. The van der Waals surface area contributed by atoms with Crippen molar-refractivity contribution in [2.45, 2.75) is 39.3 Å². The summed E-state index contributed by atoms with van der Waals surface area (Å²) in [6.45, 7) is 7.79. The minimum absolute atomic E-state index is 0.0855. The Hall–Kier alpha value is -1.63. The molecule has 7 heteroatoms. The molecule has 0 aliphatic carbocycles. The lowest BCUT2D eigenvalue weighted by Crippen LogP contribution is -2.40. The summed E-state index contributed by atoms with van der Waals surface area (Å²) < 4.78 is 5.47. The number of guanidine groups is 1. The zero-order valence-electron chi connectivity index (χ0n) is 13.6. The van der Waals surface area contributed by atoms with E-state index in [-0.39, 0.29) is 11.9 Å². The van der Waals surface area contributed by atoms with Crippen LogP contribution in [0.5, 0.6) is 0 Å². The molecule has 22 heavy (non-hydrogen) atoms. The molecular weight excluding hydrogens is 300 g/mol. The van der Waals surface area contributed by atoms with Gasteiger partial charge in [0.1, 0.15) is 10.6 Å². The standard InChI is InChI=1S/C15H24N4O2S/c1-15(2,3)21-13(20)11-5-7-19(10-11)14(16-4)18-9-12-17-6-8-22-12/h6,8,11H,5,7,9-10H2,1-4H3,(H,16,18). The first-order valence-corrected chi connectivity index (χ1v) is 8.34. The molecule has 1 N–H and O–H groups in total. The van der Waals surface area contributed by atoms with Crippen LogP contribution in [-0.2, 0) is 16.1 Å². The van der Waals surface area contributed by atoms with Crippen LogP contribution in [0.25, 0.3) is 0 Å². The van der Waals surface area contributed by atoms with Crippen molar-refractivity contribution in [3.63, 3.8) is 0 Å². The van der Waals surface area contributed by atoms with E-state index in [1.54, 1.807) is 24.6 Å². The van der Waals surface area contributed by atoms with E-state index in [9.17, 15) is 4.79 Å². The van der Waals surface area contributed by atoms with Crippen molar-refractivity contribution in [3.05, 3.63) is 16.6 Å². The van der Waals surface area contributed by atoms with E-state index in [0.29, 0.717) is 13.1 Å². The van der Waals surface area contributed by atoms with Gasteiger partial charge in [-0.1, -0.05) is 0 Å². The summed E-state index contributed by atoms with van der Waals surface area (Å²) in [6.07, 6.45) is 2.59. The molecule has 1 aromatic rings. The van der Waals surface area contributed by atoms with E-state index < -0.39 is 5.60 Å². The third kappa shape index (κ3) is 4.69. The Bertz CT molecular complexity index is 522. The lowest BCUT2D eigenvalue weighted by Gasteiger charge is -2.23. The maximum absolute atomic E-state index is 12.1. The molecule has 2 rings (SSSR count). The third-order valence-electron chi connectivity index (χ3n) is 3.32. The molecule has 0 radical (unpaired) electrons. The molecule has 0 spiro atoms. The van der Waals surface area contributed by atoms with Crippen molar-refractivity contribution in [3.8, 4) is 0 Å². The highest BCUT2D eigenvalue weighted by atomic mass is 32.1. The Morgan fingerprint density at radius 3 is 2.95 bits per heavy atom. The van der Waals surface area contributed by atoms with Crippen molar-refractivity contribution >= 4 is 23.3 Å². The summed E-state index contributed by atoms with van der Waals surface area (Å²) in [7, 11) is 1.75. The molecule has 1 saturated heterocycles. The Balaban J connectivity index is 1.86. The zero-order valence-corrected chi connectivity index (χ0v) is 14.4. The van der Waals surface area contributed by atoms with Crippen LogP contribution in [0.4, 0.5) is 0 Å². The Morgan fingerprint density at radius 1 is 1.59 bits per heavy atom. The van der Waals surface area contributed by atoms with Crippen LogP contribution >= 0.6 is 11.3 Å². The maximum Gasteiger partial charge on any atom is 0.311 e. The molecule has 0 amide bonds. The fourth-order valence-electron chi connectivity index (χ4n) is 2.36. The number of carbonyl (C=O) groups is 1. The van der Waals surface area contributed by atoms with E-state index in [4.69, 9.17) is 4.74 Å². The van der Waals surface area contributed by atoms with E-state index in [2.05, 4.69) is 20.2 Å². The van der Waals surface area contributed by atoms with Gasteiger partial charge in [0.25, 0.3) is 0 Å². The van der Waals surface area contributed by atoms with Gasteiger partial charge in [-0.2, -0.15) is 0 Å².